The smallest absolute Gasteiger partial charge is 0.264 e. The van der Waals surface area contributed by atoms with Crippen molar-refractivity contribution in [2.24, 2.45) is 0 Å². The van der Waals surface area contributed by atoms with Gasteiger partial charge in [0.25, 0.3) is 10.0 Å². The molecule has 0 atom stereocenters. The van der Waals surface area contributed by atoms with Crippen LogP contribution in [0.1, 0.15) is 11.8 Å². The maximum Gasteiger partial charge on any atom is 0.264 e. The number of hydrogen-bond donors (Lipinski definition) is 2. The normalized spacial score (nSPS) is 11.5. The Hall–Kier alpha value is -0.960. The van der Waals surface area contributed by atoms with Gasteiger partial charge < -0.3 is 5.32 Å². The summed E-state index contributed by atoms with van der Waals surface area (Å²) in [5.74, 6) is 0.285. The fraction of sp³-hybridized carbons (Fsp3) is 0.250. The van der Waals surface area contributed by atoms with E-state index >= 15 is 0 Å². The zero-order valence-electron chi connectivity index (χ0n) is 10.8. The Labute approximate surface area is 130 Å². The molecule has 0 saturated carbocycles. The van der Waals surface area contributed by atoms with Crippen molar-refractivity contribution in [1.29, 1.82) is 0 Å². The Morgan fingerprint density at radius 3 is 2.90 bits per heavy atom. The Morgan fingerprint density at radius 1 is 1.40 bits per heavy atom. The van der Waals surface area contributed by atoms with Gasteiger partial charge in [-0.3, -0.25) is 4.72 Å². The van der Waals surface area contributed by atoms with E-state index in [0.717, 1.165) is 11.4 Å². The van der Waals surface area contributed by atoms with E-state index in [1.54, 1.807) is 23.6 Å². The zero-order valence-corrected chi connectivity index (χ0v) is 14.0. The van der Waals surface area contributed by atoms with Crippen LogP contribution in [0.2, 0.25) is 0 Å². The molecule has 0 saturated heterocycles. The van der Waals surface area contributed by atoms with Gasteiger partial charge in [-0.2, -0.15) is 0 Å². The molecule has 0 fully saturated rings. The maximum absolute atomic E-state index is 12.4. The lowest BCUT2D eigenvalue weighted by molar-refractivity contribution is 0.599. The van der Waals surface area contributed by atoms with Crippen molar-refractivity contribution in [3.63, 3.8) is 0 Å². The Morgan fingerprint density at radius 2 is 2.20 bits per heavy atom. The fourth-order valence-electron chi connectivity index (χ4n) is 1.58. The molecule has 0 bridgehead atoms. The molecule has 0 radical (unpaired) electrons. The van der Waals surface area contributed by atoms with E-state index in [2.05, 4.69) is 31.0 Å². The van der Waals surface area contributed by atoms with Crippen LogP contribution < -0.4 is 10.0 Å². The van der Waals surface area contributed by atoms with E-state index in [1.807, 2.05) is 6.92 Å². The first-order valence-electron chi connectivity index (χ1n) is 5.95. The number of sulfonamides is 1. The van der Waals surface area contributed by atoms with Crippen LogP contribution in [0.15, 0.2) is 39.1 Å². The predicted octanol–water partition coefficient (Wildman–Crippen LogP) is 2.82. The van der Waals surface area contributed by atoms with Crippen LogP contribution in [0.5, 0.6) is 0 Å². The summed E-state index contributed by atoms with van der Waals surface area (Å²) in [5.41, 5.74) is 0. The van der Waals surface area contributed by atoms with Gasteiger partial charge in [-0.15, -0.1) is 11.3 Å². The molecule has 0 amide bonds. The minimum Gasteiger partial charge on any atom is -0.312 e. The van der Waals surface area contributed by atoms with Crippen LogP contribution in [0.4, 0.5) is 5.82 Å². The molecule has 0 aliphatic rings. The number of pyridine rings is 1. The summed E-state index contributed by atoms with van der Waals surface area (Å²) in [5, 5.41) is 4.90. The number of halogens is 1. The second-order valence-corrected chi connectivity index (χ2v) is 7.43. The molecule has 108 valence electrons. The molecule has 20 heavy (non-hydrogen) atoms. The number of anilines is 1. The summed E-state index contributed by atoms with van der Waals surface area (Å²) in [6.45, 7) is 3.30. The maximum atomic E-state index is 12.4. The van der Waals surface area contributed by atoms with Gasteiger partial charge in [0.05, 0.1) is 4.47 Å². The Balaban J connectivity index is 2.27. The third-order valence-corrected chi connectivity index (χ3v) is 5.63. The van der Waals surface area contributed by atoms with Crippen LogP contribution in [0.25, 0.3) is 0 Å². The minimum atomic E-state index is -3.63. The second kappa shape index (κ2) is 6.66. The molecule has 0 aliphatic carbocycles. The zero-order chi connectivity index (χ0) is 14.6. The highest BCUT2D eigenvalue weighted by Crippen LogP contribution is 2.26. The van der Waals surface area contributed by atoms with Crippen LogP contribution in [0, 0.1) is 0 Å². The van der Waals surface area contributed by atoms with Gasteiger partial charge >= 0.3 is 0 Å². The summed E-state index contributed by atoms with van der Waals surface area (Å²) in [6.07, 6.45) is 1.54. The first-order chi connectivity index (χ1) is 9.54. The number of rotatable bonds is 6. The molecule has 2 rings (SSSR count). The lowest BCUT2D eigenvalue weighted by Crippen LogP contribution is -2.18. The van der Waals surface area contributed by atoms with Crippen molar-refractivity contribution in [3.05, 3.63) is 39.1 Å². The van der Waals surface area contributed by atoms with E-state index in [4.69, 9.17) is 0 Å². The van der Waals surface area contributed by atoms with Crippen molar-refractivity contribution in [2.75, 3.05) is 11.3 Å². The molecule has 5 nitrogen and oxygen atoms in total. The van der Waals surface area contributed by atoms with Gasteiger partial charge in [-0.25, -0.2) is 13.4 Å². The van der Waals surface area contributed by atoms with Crippen molar-refractivity contribution in [2.45, 2.75) is 18.4 Å². The second-order valence-electron chi connectivity index (χ2n) is 3.93. The number of nitrogens with one attached hydrogen (secondary N) is 2. The van der Waals surface area contributed by atoms with Crippen molar-refractivity contribution in [3.8, 4) is 0 Å². The SMILES string of the molecule is CCNCc1sccc1S(=O)(=O)Nc1ncccc1Br. The average molecular weight is 376 g/mol. The highest BCUT2D eigenvalue weighted by molar-refractivity contribution is 9.10. The van der Waals surface area contributed by atoms with Gasteiger partial charge in [0.2, 0.25) is 0 Å². The van der Waals surface area contributed by atoms with Crippen LogP contribution in [-0.2, 0) is 16.6 Å². The molecule has 2 aromatic heterocycles. The first kappa shape index (κ1) is 15.4. The lowest BCUT2D eigenvalue weighted by Gasteiger charge is -2.09. The highest BCUT2D eigenvalue weighted by atomic mass is 79.9. The molecule has 2 aromatic rings. The van der Waals surface area contributed by atoms with Gasteiger partial charge in [0.15, 0.2) is 5.82 Å². The van der Waals surface area contributed by atoms with Gasteiger partial charge in [0, 0.05) is 17.6 Å². The van der Waals surface area contributed by atoms with Crippen LogP contribution in [-0.4, -0.2) is 19.9 Å². The van der Waals surface area contributed by atoms with Gasteiger partial charge in [-0.05, 0) is 46.1 Å². The quantitative estimate of drug-likeness (QED) is 0.814. The number of nitrogens with zero attached hydrogens (tertiary/aromatic N) is 1. The summed E-state index contributed by atoms with van der Waals surface area (Å²) in [6, 6.07) is 5.07. The fourth-order valence-corrected chi connectivity index (χ4v) is 4.51. The van der Waals surface area contributed by atoms with Gasteiger partial charge in [-0.1, -0.05) is 6.92 Å². The molecule has 0 aromatic carbocycles. The molecular formula is C12H14BrN3O2S2. The predicted molar refractivity (Wildman–Crippen MR) is 84.4 cm³/mol. The number of thiophene rings is 1. The van der Waals surface area contributed by atoms with E-state index < -0.39 is 10.0 Å². The topological polar surface area (TPSA) is 71.1 Å². The molecule has 0 aliphatic heterocycles. The lowest BCUT2D eigenvalue weighted by atomic mass is 10.4. The van der Waals surface area contributed by atoms with E-state index in [1.165, 1.54) is 17.5 Å². The Kier molecular flexibility index (Phi) is 5.14. The largest absolute Gasteiger partial charge is 0.312 e. The summed E-state index contributed by atoms with van der Waals surface area (Å²) in [4.78, 5) is 5.09. The minimum absolute atomic E-state index is 0.285. The van der Waals surface area contributed by atoms with Crippen LogP contribution in [0.3, 0.4) is 0 Å². The standard InChI is InChI=1S/C12H14BrN3O2S2/c1-2-14-8-10-11(5-7-19-10)20(17,18)16-12-9(13)4-3-6-15-12/h3-7,14H,2,8H2,1H3,(H,15,16). The molecular weight excluding hydrogens is 362 g/mol. The summed E-state index contributed by atoms with van der Waals surface area (Å²) >= 11 is 4.69. The molecule has 2 heterocycles. The van der Waals surface area contributed by atoms with Crippen molar-refractivity contribution >= 4 is 43.1 Å². The molecule has 8 heteroatoms. The van der Waals surface area contributed by atoms with E-state index in [0.29, 0.717) is 15.9 Å². The van der Waals surface area contributed by atoms with Crippen LogP contribution >= 0.6 is 27.3 Å². The molecule has 2 N–H and O–H groups in total. The highest BCUT2D eigenvalue weighted by Gasteiger charge is 2.21. The third-order valence-electron chi connectivity index (χ3n) is 2.52. The van der Waals surface area contributed by atoms with Crippen molar-refractivity contribution in [1.82, 2.24) is 10.3 Å². The summed E-state index contributed by atoms with van der Waals surface area (Å²) in [7, 11) is -3.63. The third kappa shape index (κ3) is 3.57. The monoisotopic (exact) mass is 375 g/mol. The first-order valence-corrected chi connectivity index (χ1v) is 9.10. The summed E-state index contributed by atoms with van der Waals surface area (Å²) < 4.78 is 27.9. The number of hydrogen-bond acceptors (Lipinski definition) is 5. The van der Waals surface area contributed by atoms with Gasteiger partial charge in [0.1, 0.15) is 4.90 Å². The average Bonchev–Trinajstić information content (AvgIpc) is 2.88. The number of aromatic nitrogens is 1. The molecule has 0 spiro atoms. The van der Waals surface area contributed by atoms with Crippen molar-refractivity contribution < 1.29 is 8.42 Å². The molecule has 0 unspecified atom stereocenters. The van der Waals surface area contributed by atoms with E-state index in [9.17, 15) is 8.42 Å². The van der Waals surface area contributed by atoms with E-state index in [-0.39, 0.29) is 5.82 Å². The Bertz CT molecular complexity index is 686.